The topological polar surface area (TPSA) is 110 Å². The van der Waals surface area contributed by atoms with Crippen molar-refractivity contribution in [3.05, 3.63) is 83.8 Å². The Morgan fingerprint density at radius 3 is 2.76 bits per heavy atom. The molecular formula is C25H23FN6O. The Kier molecular flexibility index (Phi) is 5.35. The minimum Gasteiger partial charge on any atom is -0.396 e. The molecule has 1 fully saturated rings. The van der Waals surface area contributed by atoms with Gasteiger partial charge in [0, 0.05) is 23.2 Å². The van der Waals surface area contributed by atoms with Crippen LogP contribution in [0, 0.1) is 5.82 Å². The van der Waals surface area contributed by atoms with E-state index in [9.17, 15) is 9.18 Å². The van der Waals surface area contributed by atoms with Crippen molar-refractivity contribution in [2.45, 2.75) is 25.4 Å². The van der Waals surface area contributed by atoms with Crippen LogP contribution in [0.15, 0.2) is 66.9 Å². The molecule has 1 aliphatic rings. The average molecular weight is 442 g/mol. The Morgan fingerprint density at radius 1 is 1.12 bits per heavy atom. The van der Waals surface area contributed by atoms with Gasteiger partial charge in [-0.05, 0) is 60.9 Å². The Hall–Kier alpha value is -4.04. The van der Waals surface area contributed by atoms with Gasteiger partial charge < -0.3 is 11.1 Å². The van der Waals surface area contributed by atoms with Crippen LogP contribution in [0.5, 0.6) is 0 Å². The summed E-state index contributed by atoms with van der Waals surface area (Å²) in [6, 6.07) is 17.8. The molecule has 1 aliphatic carbocycles. The third-order valence-corrected chi connectivity index (χ3v) is 5.62. The van der Waals surface area contributed by atoms with Crippen LogP contribution < -0.4 is 21.9 Å². The third-order valence-electron chi connectivity index (χ3n) is 5.62. The highest BCUT2D eigenvalue weighted by Gasteiger charge is 2.25. The Bertz CT molecular complexity index is 1350. The summed E-state index contributed by atoms with van der Waals surface area (Å²) in [7, 11) is 0. The molecule has 0 aliphatic heterocycles. The first-order valence-corrected chi connectivity index (χ1v) is 10.7. The van der Waals surface area contributed by atoms with E-state index in [2.05, 4.69) is 15.3 Å². The molecular weight excluding hydrogens is 419 g/mol. The molecule has 1 saturated carbocycles. The lowest BCUT2D eigenvalue weighted by Crippen LogP contribution is -2.31. The zero-order valence-electron chi connectivity index (χ0n) is 17.8. The molecule has 5 N–H and O–H groups in total. The van der Waals surface area contributed by atoms with Crippen molar-refractivity contribution in [1.82, 2.24) is 15.3 Å². The van der Waals surface area contributed by atoms with E-state index < -0.39 is 11.7 Å². The number of carbonyl (C=O) groups is 1. The number of fused-ring (bicyclic) bond motifs is 1. The lowest BCUT2D eigenvalue weighted by molar-refractivity contribution is 0.0947. The standard InChI is InChI=1S/C25H23FN6O/c26-20-13-17(4-7-19(20)25(33)30-18-5-6-18)23-10-8-21(27)24(31-23)32(28)14-15-3-9-22-16(12-15)2-1-11-29-22/h1-4,7-13,18H,5-6,14,27-28H2,(H,30,33). The van der Waals surface area contributed by atoms with Crippen LogP contribution in [0.2, 0.25) is 0 Å². The van der Waals surface area contributed by atoms with Crippen LogP contribution in [0.1, 0.15) is 28.8 Å². The van der Waals surface area contributed by atoms with Gasteiger partial charge in [0.05, 0.1) is 29.0 Å². The minimum absolute atomic E-state index is 0.0209. The second-order valence-corrected chi connectivity index (χ2v) is 8.21. The van der Waals surface area contributed by atoms with E-state index in [1.54, 1.807) is 24.4 Å². The first-order valence-electron chi connectivity index (χ1n) is 10.7. The van der Waals surface area contributed by atoms with E-state index >= 15 is 0 Å². The number of benzene rings is 2. The lowest BCUT2D eigenvalue weighted by Gasteiger charge is -2.20. The van der Waals surface area contributed by atoms with Crippen LogP contribution in [-0.4, -0.2) is 21.9 Å². The predicted molar refractivity (Wildman–Crippen MR) is 127 cm³/mol. The third kappa shape index (κ3) is 4.47. The number of rotatable bonds is 6. The molecule has 0 radical (unpaired) electrons. The summed E-state index contributed by atoms with van der Waals surface area (Å²) in [4.78, 5) is 21.1. The molecule has 0 spiro atoms. The summed E-state index contributed by atoms with van der Waals surface area (Å²) in [6.07, 6.45) is 3.63. The maximum absolute atomic E-state index is 14.7. The number of pyridine rings is 2. The molecule has 2 aromatic heterocycles. The number of halogens is 1. The van der Waals surface area contributed by atoms with Crippen molar-refractivity contribution in [3.8, 4) is 11.3 Å². The molecule has 0 bridgehead atoms. The fourth-order valence-electron chi connectivity index (χ4n) is 3.69. The monoisotopic (exact) mass is 442 g/mol. The van der Waals surface area contributed by atoms with E-state index in [-0.39, 0.29) is 11.6 Å². The predicted octanol–water partition coefficient (Wildman–Crippen LogP) is 3.79. The minimum atomic E-state index is -0.597. The number of carbonyl (C=O) groups excluding carboxylic acids is 1. The zero-order valence-corrected chi connectivity index (χ0v) is 17.8. The molecule has 1 amide bonds. The van der Waals surface area contributed by atoms with Gasteiger partial charge in [0.1, 0.15) is 5.82 Å². The highest BCUT2D eigenvalue weighted by molar-refractivity contribution is 5.95. The van der Waals surface area contributed by atoms with E-state index in [0.717, 1.165) is 29.3 Å². The highest BCUT2D eigenvalue weighted by Crippen LogP contribution is 2.28. The Morgan fingerprint density at radius 2 is 1.97 bits per heavy atom. The molecule has 166 valence electrons. The number of nitrogens with zero attached hydrogens (tertiary/aromatic N) is 3. The molecule has 2 aromatic carbocycles. The highest BCUT2D eigenvalue weighted by atomic mass is 19.1. The molecule has 5 rings (SSSR count). The number of hydrogen-bond acceptors (Lipinski definition) is 6. The van der Waals surface area contributed by atoms with Crippen LogP contribution in [0.3, 0.4) is 0 Å². The van der Waals surface area contributed by atoms with E-state index in [0.29, 0.717) is 29.3 Å². The van der Waals surface area contributed by atoms with Gasteiger partial charge in [-0.15, -0.1) is 0 Å². The summed E-state index contributed by atoms with van der Waals surface area (Å²) < 4.78 is 14.7. The number of nitrogens with one attached hydrogen (secondary N) is 1. The van der Waals surface area contributed by atoms with Crippen molar-refractivity contribution in [2.75, 3.05) is 10.7 Å². The van der Waals surface area contributed by atoms with Gasteiger partial charge in [-0.25, -0.2) is 15.2 Å². The number of hydrogen-bond donors (Lipinski definition) is 3. The van der Waals surface area contributed by atoms with E-state index in [1.165, 1.54) is 17.1 Å². The maximum atomic E-state index is 14.7. The lowest BCUT2D eigenvalue weighted by atomic mass is 10.1. The first-order chi connectivity index (χ1) is 16.0. The Labute approximate surface area is 190 Å². The molecule has 33 heavy (non-hydrogen) atoms. The fraction of sp³-hybridized carbons (Fsp3) is 0.160. The zero-order chi connectivity index (χ0) is 22.9. The van der Waals surface area contributed by atoms with Gasteiger partial charge in [-0.2, -0.15) is 0 Å². The van der Waals surface area contributed by atoms with Gasteiger partial charge in [-0.3, -0.25) is 14.8 Å². The quantitative estimate of drug-likeness (QED) is 0.310. The smallest absolute Gasteiger partial charge is 0.254 e. The van der Waals surface area contributed by atoms with Crippen molar-refractivity contribution in [1.29, 1.82) is 0 Å². The van der Waals surface area contributed by atoms with Crippen LogP contribution in [0.25, 0.3) is 22.2 Å². The number of amides is 1. The summed E-state index contributed by atoms with van der Waals surface area (Å²) in [5.74, 6) is 5.70. The van der Waals surface area contributed by atoms with Crippen LogP contribution in [0.4, 0.5) is 15.9 Å². The van der Waals surface area contributed by atoms with Gasteiger partial charge in [0.25, 0.3) is 5.91 Å². The largest absolute Gasteiger partial charge is 0.396 e. The average Bonchev–Trinajstić information content (AvgIpc) is 3.63. The van der Waals surface area contributed by atoms with Crippen molar-refractivity contribution in [2.24, 2.45) is 5.84 Å². The number of hydrazine groups is 1. The molecule has 7 nitrogen and oxygen atoms in total. The van der Waals surface area contributed by atoms with Crippen LogP contribution >= 0.6 is 0 Å². The molecule has 0 unspecified atom stereocenters. The van der Waals surface area contributed by atoms with Gasteiger partial charge >= 0.3 is 0 Å². The molecule has 8 heteroatoms. The summed E-state index contributed by atoms with van der Waals surface area (Å²) >= 11 is 0. The van der Waals surface area contributed by atoms with Crippen molar-refractivity contribution < 1.29 is 9.18 Å². The number of nitrogen functional groups attached to an aromatic ring is 1. The van der Waals surface area contributed by atoms with Gasteiger partial charge in [-0.1, -0.05) is 18.2 Å². The first kappa shape index (κ1) is 20.8. The maximum Gasteiger partial charge on any atom is 0.254 e. The summed E-state index contributed by atoms with van der Waals surface area (Å²) in [5, 5.41) is 5.27. The van der Waals surface area contributed by atoms with Crippen LogP contribution in [-0.2, 0) is 6.54 Å². The van der Waals surface area contributed by atoms with E-state index in [1.807, 2.05) is 30.3 Å². The Balaban J connectivity index is 1.39. The molecule has 0 saturated heterocycles. The SMILES string of the molecule is Nc1ccc(-c2ccc(C(=O)NC3CC3)c(F)c2)nc1N(N)Cc1ccc2ncccc2c1. The summed E-state index contributed by atoms with van der Waals surface area (Å²) in [5.41, 5.74) is 9.48. The molecule has 4 aromatic rings. The van der Waals surface area contributed by atoms with Crippen molar-refractivity contribution in [3.63, 3.8) is 0 Å². The number of aromatic nitrogens is 2. The second-order valence-electron chi connectivity index (χ2n) is 8.21. The van der Waals surface area contributed by atoms with E-state index in [4.69, 9.17) is 11.6 Å². The molecule has 2 heterocycles. The van der Waals surface area contributed by atoms with Gasteiger partial charge in [0.2, 0.25) is 0 Å². The fourth-order valence-corrected chi connectivity index (χ4v) is 3.69. The molecule has 0 atom stereocenters. The summed E-state index contributed by atoms with van der Waals surface area (Å²) in [6.45, 7) is 0.375. The number of nitrogens with two attached hydrogens (primary N) is 2. The normalized spacial score (nSPS) is 13.2. The van der Waals surface area contributed by atoms with Gasteiger partial charge in [0.15, 0.2) is 5.82 Å². The number of anilines is 2. The second kappa shape index (κ2) is 8.48. The van der Waals surface area contributed by atoms with Crippen molar-refractivity contribution >= 4 is 28.3 Å².